The van der Waals surface area contributed by atoms with Gasteiger partial charge in [-0.05, 0) is 24.3 Å². The van der Waals surface area contributed by atoms with Crippen molar-refractivity contribution in [3.8, 4) is 17.2 Å². The fourth-order valence-electron chi connectivity index (χ4n) is 2.06. The molecule has 2 N–H and O–H groups in total. The number of hydrogen-bond acceptors (Lipinski definition) is 4. The molecule has 126 valence electrons. The lowest BCUT2D eigenvalue weighted by molar-refractivity contribution is 0.173. The molecule has 0 bridgehead atoms. The van der Waals surface area contributed by atoms with Gasteiger partial charge in [0.05, 0.1) is 12.2 Å². The summed E-state index contributed by atoms with van der Waals surface area (Å²) in [6.45, 7) is 0.586. The zero-order valence-corrected chi connectivity index (χ0v) is 12.5. The summed E-state index contributed by atoms with van der Waals surface area (Å²) in [5.41, 5.74) is -0.106. The Morgan fingerprint density at radius 2 is 1.96 bits per heavy atom. The highest BCUT2D eigenvalue weighted by atomic mass is 19.1. The van der Waals surface area contributed by atoms with Gasteiger partial charge in [0.1, 0.15) is 24.0 Å². The Labute approximate surface area is 136 Å². The molecule has 6 nitrogen and oxygen atoms in total. The Bertz CT molecular complexity index is 755. The van der Waals surface area contributed by atoms with Crippen LogP contribution in [0.4, 0.5) is 19.3 Å². The minimum Gasteiger partial charge on any atom is -0.492 e. The van der Waals surface area contributed by atoms with E-state index in [2.05, 4.69) is 10.6 Å². The van der Waals surface area contributed by atoms with Crippen molar-refractivity contribution in [1.29, 1.82) is 0 Å². The van der Waals surface area contributed by atoms with Crippen molar-refractivity contribution in [3.05, 3.63) is 48.0 Å². The summed E-state index contributed by atoms with van der Waals surface area (Å²) in [6.07, 6.45) is 0. The number of ether oxygens (including phenoxy) is 3. The molecule has 24 heavy (non-hydrogen) atoms. The largest absolute Gasteiger partial charge is 0.492 e. The van der Waals surface area contributed by atoms with Crippen molar-refractivity contribution in [3.63, 3.8) is 0 Å². The Balaban J connectivity index is 1.42. The summed E-state index contributed by atoms with van der Waals surface area (Å²) in [5, 5.41) is 4.79. The first kappa shape index (κ1) is 15.9. The molecule has 0 aliphatic carbocycles. The third-order valence-electron chi connectivity index (χ3n) is 3.18. The van der Waals surface area contributed by atoms with E-state index in [1.54, 1.807) is 18.2 Å². The average molecular weight is 336 g/mol. The number of benzene rings is 2. The number of anilines is 1. The zero-order valence-electron chi connectivity index (χ0n) is 12.5. The molecule has 1 heterocycles. The lowest BCUT2D eigenvalue weighted by Crippen LogP contribution is -2.32. The summed E-state index contributed by atoms with van der Waals surface area (Å²) >= 11 is 0. The van der Waals surface area contributed by atoms with Crippen LogP contribution in [0.25, 0.3) is 0 Å². The predicted octanol–water partition coefficient (Wildman–Crippen LogP) is 2.89. The monoisotopic (exact) mass is 336 g/mol. The first-order chi connectivity index (χ1) is 11.6. The third kappa shape index (κ3) is 3.83. The lowest BCUT2D eigenvalue weighted by Gasteiger charge is -2.10. The van der Waals surface area contributed by atoms with E-state index in [4.69, 9.17) is 14.2 Å². The number of nitrogens with one attached hydrogen (secondary N) is 2. The van der Waals surface area contributed by atoms with Gasteiger partial charge in [-0.15, -0.1) is 0 Å². The highest BCUT2D eigenvalue weighted by Gasteiger charge is 2.13. The molecule has 2 aromatic rings. The van der Waals surface area contributed by atoms with Gasteiger partial charge in [0.15, 0.2) is 11.5 Å². The number of hydrogen-bond donors (Lipinski definition) is 2. The molecule has 0 aromatic heterocycles. The smallest absolute Gasteiger partial charge is 0.319 e. The summed E-state index contributed by atoms with van der Waals surface area (Å²) in [6, 6.07) is 7.43. The van der Waals surface area contributed by atoms with Gasteiger partial charge in [-0.25, -0.2) is 13.6 Å². The highest BCUT2D eigenvalue weighted by molar-refractivity contribution is 5.89. The second-order valence-corrected chi connectivity index (χ2v) is 4.87. The van der Waals surface area contributed by atoms with E-state index in [1.807, 2.05) is 0 Å². The maximum atomic E-state index is 13.4. The number of fused-ring (bicyclic) bond motifs is 1. The van der Waals surface area contributed by atoms with Crippen LogP contribution in [-0.2, 0) is 0 Å². The predicted molar refractivity (Wildman–Crippen MR) is 81.4 cm³/mol. The molecular formula is C16H14F2N2O4. The fourth-order valence-corrected chi connectivity index (χ4v) is 2.06. The Morgan fingerprint density at radius 1 is 1.12 bits per heavy atom. The summed E-state index contributed by atoms with van der Waals surface area (Å²) in [4.78, 5) is 11.6. The van der Waals surface area contributed by atoms with Crippen LogP contribution < -0.4 is 24.8 Å². The van der Waals surface area contributed by atoms with Crippen LogP contribution >= 0.6 is 0 Å². The molecule has 2 aromatic carbocycles. The minimum absolute atomic E-state index is 0.106. The molecule has 0 radical (unpaired) electrons. The number of carbonyl (C=O) groups is 1. The fraction of sp³-hybridized carbons (Fsp3) is 0.188. The SMILES string of the molecule is O=C(NCCOc1ccc2c(c1)OCO2)Nc1ccc(F)cc1F. The van der Waals surface area contributed by atoms with Crippen LogP contribution in [0.1, 0.15) is 0 Å². The normalized spacial score (nSPS) is 11.9. The molecule has 3 rings (SSSR count). The first-order valence-corrected chi connectivity index (χ1v) is 7.14. The van der Waals surface area contributed by atoms with Crippen molar-refractivity contribution >= 4 is 11.7 Å². The number of halogens is 2. The van der Waals surface area contributed by atoms with Crippen LogP contribution in [0.3, 0.4) is 0 Å². The molecule has 1 aliphatic rings. The van der Waals surface area contributed by atoms with Crippen molar-refractivity contribution in [2.45, 2.75) is 0 Å². The molecule has 0 atom stereocenters. The summed E-state index contributed by atoms with van der Waals surface area (Å²) in [7, 11) is 0. The van der Waals surface area contributed by atoms with Gasteiger partial charge in [-0.3, -0.25) is 0 Å². The molecule has 2 amide bonds. The Hall–Kier alpha value is -3.03. The van der Waals surface area contributed by atoms with Gasteiger partial charge in [-0.2, -0.15) is 0 Å². The van der Waals surface area contributed by atoms with Gasteiger partial charge in [0, 0.05) is 12.1 Å². The van der Waals surface area contributed by atoms with Gasteiger partial charge < -0.3 is 24.8 Å². The van der Waals surface area contributed by atoms with E-state index >= 15 is 0 Å². The molecule has 0 spiro atoms. The highest BCUT2D eigenvalue weighted by Crippen LogP contribution is 2.34. The van der Waals surface area contributed by atoms with E-state index in [1.165, 1.54) is 0 Å². The van der Waals surface area contributed by atoms with Crippen molar-refractivity contribution in [1.82, 2.24) is 5.32 Å². The van der Waals surface area contributed by atoms with Gasteiger partial charge in [0.2, 0.25) is 6.79 Å². The van der Waals surface area contributed by atoms with E-state index in [9.17, 15) is 13.6 Å². The summed E-state index contributed by atoms with van der Waals surface area (Å²) in [5.74, 6) is 0.273. The molecule has 8 heteroatoms. The second-order valence-electron chi connectivity index (χ2n) is 4.87. The molecule has 0 saturated carbocycles. The maximum Gasteiger partial charge on any atom is 0.319 e. The van der Waals surface area contributed by atoms with Crippen LogP contribution in [0, 0.1) is 11.6 Å². The van der Waals surface area contributed by atoms with Crippen LogP contribution in [0.5, 0.6) is 17.2 Å². The van der Waals surface area contributed by atoms with Crippen LogP contribution in [-0.4, -0.2) is 26.0 Å². The van der Waals surface area contributed by atoms with Crippen molar-refractivity contribution in [2.24, 2.45) is 0 Å². The Morgan fingerprint density at radius 3 is 2.79 bits per heavy atom. The van der Waals surface area contributed by atoms with Gasteiger partial charge >= 0.3 is 6.03 Å². The van der Waals surface area contributed by atoms with Crippen molar-refractivity contribution in [2.75, 3.05) is 25.3 Å². The van der Waals surface area contributed by atoms with Gasteiger partial charge in [-0.1, -0.05) is 0 Å². The molecule has 1 aliphatic heterocycles. The first-order valence-electron chi connectivity index (χ1n) is 7.14. The number of amides is 2. The minimum atomic E-state index is -0.846. The van der Waals surface area contributed by atoms with Crippen molar-refractivity contribution < 1.29 is 27.8 Å². The molecule has 0 fully saturated rings. The van der Waals surface area contributed by atoms with Gasteiger partial charge in [0.25, 0.3) is 0 Å². The topological polar surface area (TPSA) is 68.8 Å². The quantitative estimate of drug-likeness (QED) is 0.824. The zero-order chi connectivity index (χ0) is 16.9. The molecular weight excluding hydrogens is 322 g/mol. The van der Waals surface area contributed by atoms with Crippen LogP contribution in [0.15, 0.2) is 36.4 Å². The van der Waals surface area contributed by atoms with E-state index < -0.39 is 17.7 Å². The number of rotatable bonds is 5. The standard InChI is InChI=1S/C16H14F2N2O4/c17-10-1-3-13(12(18)7-10)20-16(21)19-5-6-22-11-2-4-14-15(8-11)24-9-23-14/h1-4,7-8H,5-6,9H2,(H2,19,20,21). The molecule has 0 unspecified atom stereocenters. The number of urea groups is 1. The third-order valence-corrected chi connectivity index (χ3v) is 3.18. The van der Waals surface area contributed by atoms with E-state index in [0.29, 0.717) is 23.3 Å². The average Bonchev–Trinajstić information content (AvgIpc) is 3.02. The summed E-state index contributed by atoms with van der Waals surface area (Å²) < 4.78 is 42.1. The van der Waals surface area contributed by atoms with E-state index in [0.717, 1.165) is 12.1 Å². The maximum absolute atomic E-state index is 13.4. The van der Waals surface area contributed by atoms with Crippen LogP contribution in [0.2, 0.25) is 0 Å². The Kier molecular flexibility index (Phi) is 4.64. The molecule has 0 saturated heterocycles. The second kappa shape index (κ2) is 7.03. The lowest BCUT2D eigenvalue weighted by atomic mass is 10.3. The number of carbonyl (C=O) groups excluding carboxylic acids is 1. The van der Waals surface area contributed by atoms with E-state index in [-0.39, 0.29) is 25.6 Å².